The van der Waals surface area contributed by atoms with Crippen molar-refractivity contribution in [3.63, 3.8) is 0 Å². The number of carbonyl (C=O) groups excluding carboxylic acids is 1. The van der Waals surface area contributed by atoms with E-state index in [1.165, 1.54) is 18.2 Å². The summed E-state index contributed by atoms with van der Waals surface area (Å²) in [5, 5.41) is 19.0. The molecule has 1 aromatic carbocycles. The second-order valence-corrected chi connectivity index (χ2v) is 2.92. The Bertz CT molecular complexity index is 492. The third kappa shape index (κ3) is 2.30. The van der Waals surface area contributed by atoms with E-state index in [9.17, 15) is 19.7 Å². The Morgan fingerprint density at radius 2 is 2.00 bits per heavy atom. The number of carboxylic acid groups (broad SMARTS) is 1. The molecule has 1 aromatic rings. The third-order valence-electron chi connectivity index (χ3n) is 1.85. The van der Waals surface area contributed by atoms with E-state index in [1.54, 1.807) is 0 Å². The van der Waals surface area contributed by atoms with E-state index in [2.05, 4.69) is 6.58 Å². The van der Waals surface area contributed by atoms with Gasteiger partial charge in [0.05, 0.1) is 4.92 Å². The van der Waals surface area contributed by atoms with E-state index in [0.29, 0.717) is 0 Å². The van der Waals surface area contributed by atoms with Crippen molar-refractivity contribution in [2.45, 2.75) is 0 Å². The molecule has 0 fully saturated rings. The molecule has 0 aliphatic rings. The average molecular weight is 221 g/mol. The van der Waals surface area contributed by atoms with Crippen LogP contribution in [0.2, 0.25) is 0 Å². The van der Waals surface area contributed by atoms with Crippen molar-refractivity contribution in [1.29, 1.82) is 0 Å². The van der Waals surface area contributed by atoms with Crippen LogP contribution in [0.4, 0.5) is 5.69 Å². The summed E-state index contributed by atoms with van der Waals surface area (Å²) >= 11 is 0. The maximum Gasteiger partial charge on any atom is 0.339 e. The van der Waals surface area contributed by atoms with E-state index in [-0.39, 0.29) is 11.3 Å². The number of ketones is 1. The van der Waals surface area contributed by atoms with Gasteiger partial charge in [0.15, 0.2) is 5.78 Å². The lowest BCUT2D eigenvalue weighted by molar-refractivity contribution is -0.384. The Labute approximate surface area is 90.0 Å². The number of carbonyl (C=O) groups is 2. The number of benzene rings is 1. The minimum Gasteiger partial charge on any atom is -0.478 e. The van der Waals surface area contributed by atoms with Gasteiger partial charge in [0.1, 0.15) is 5.57 Å². The first-order chi connectivity index (χ1) is 7.43. The van der Waals surface area contributed by atoms with Gasteiger partial charge in [-0.25, -0.2) is 4.79 Å². The number of aliphatic carboxylic acids is 1. The van der Waals surface area contributed by atoms with E-state index in [4.69, 9.17) is 5.11 Å². The van der Waals surface area contributed by atoms with Crippen molar-refractivity contribution >= 4 is 17.4 Å². The van der Waals surface area contributed by atoms with Gasteiger partial charge in [-0.3, -0.25) is 14.9 Å². The fourth-order valence-corrected chi connectivity index (χ4v) is 1.03. The highest BCUT2D eigenvalue weighted by molar-refractivity contribution is 6.23. The van der Waals surface area contributed by atoms with Gasteiger partial charge >= 0.3 is 5.97 Å². The van der Waals surface area contributed by atoms with Gasteiger partial charge in [-0.15, -0.1) is 0 Å². The second kappa shape index (κ2) is 4.35. The Kier molecular flexibility index (Phi) is 3.14. The molecule has 0 aromatic heterocycles. The summed E-state index contributed by atoms with van der Waals surface area (Å²) in [6, 6.07) is 4.82. The normalized spacial score (nSPS) is 9.50. The highest BCUT2D eigenvalue weighted by atomic mass is 16.6. The number of hydrogen-bond acceptors (Lipinski definition) is 4. The van der Waals surface area contributed by atoms with E-state index in [1.807, 2.05) is 0 Å². The monoisotopic (exact) mass is 221 g/mol. The number of rotatable bonds is 4. The minimum absolute atomic E-state index is 0.0680. The SMILES string of the molecule is C=C(C(=O)O)C(=O)c1cccc([N+](=O)[O-])c1. The lowest BCUT2D eigenvalue weighted by Gasteiger charge is -1.99. The second-order valence-electron chi connectivity index (χ2n) is 2.92. The lowest BCUT2D eigenvalue weighted by Crippen LogP contribution is -2.11. The number of nitro benzene ring substituents is 1. The molecule has 16 heavy (non-hydrogen) atoms. The van der Waals surface area contributed by atoms with Crippen LogP contribution in [0.25, 0.3) is 0 Å². The molecule has 82 valence electrons. The van der Waals surface area contributed by atoms with Gasteiger partial charge in [0.2, 0.25) is 0 Å². The molecule has 0 bridgehead atoms. The standard InChI is InChI=1S/C10H7NO5/c1-6(10(13)14)9(12)7-3-2-4-8(5-7)11(15)16/h2-5H,1H2,(H,13,14). The number of hydrogen-bond donors (Lipinski definition) is 1. The smallest absolute Gasteiger partial charge is 0.339 e. The van der Waals surface area contributed by atoms with Crippen LogP contribution in [-0.2, 0) is 4.79 Å². The summed E-state index contributed by atoms with van der Waals surface area (Å²) in [7, 11) is 0. The Morgan fingerprint density at radius 1 is 1.38 bits per heavy atom. The maximum absolute atomic E-state index is 11.5. The Balaban J connectivity index is 3.10. The van der Waals surface area contributed by atoms with Crippen molar-refractivity contribution in [2.75, 3.05) is 0 Å². The first kappa shape index (κ1) is 11.6. The summed E-state index contributed by atoms with van der Waals surface area (Å²) in [6.07, 6.45) is 0. The predicted octanol–water partition coefficient (Wildman–Crippen LogP) is 1.42. The van der Waals surface area contributed by atoms with Crippen molar-refractivity contribution in [2.24, 2.45) is 0 Å². The molecule has 0 amide bonds. The lowest BCUT2D eigenvalue weighted by atomic mass is 10.0. The number of non-ortho nitro benzene ring substituents is 1. The highest BCUT2D eigenvalue weighted by Crippen LogP contribution is 2.15. The minimum atomic E-state index is -1.45. The molecule has 0 aliphatic carbocycles. The van der Waals surface area contributed by atoms with Crippen molar-refractivity contribution in [3.05, 3.63) is 52.1 Å². The van der Waals surface area contributed by atoms with Crippen LogP contribution in [0.15, 0.2) is 36.4 Å². The molecule has 1 rings (SSSR count). The van der Waals surface area contributed by atoms with Crippen LogP contribution in [0.3, 0.4) is 0 Å². The maximum atomic E-state index is 11.5. The molecular weight excluding hydrogens is 214 g/mol. The zero-order valence-corrected chi connectivity index (χ0v) is 8.04. The number of carboxylic acids is 1. The molecule has 0 atom stereocenters. The van der Waals surface area contributed by atoms with E-state index < -0.39 is 22.2 Å². The molecule has 0 unspecified atom stereocenters. The van der Waals surface area contributed by atoms with Crippen LogP contribution in [0, 0.1) is 10.1 Å². The quantitative estimate of drug-likeness (QED) is 0.207. The first-order valence-corrected chi connectivity index (χ1v) is 4.15. The Hall–Kier alpha value is -2.50. The number of nitro groups is 1. The Morgan fingerprint density at radius 3 is 2.50 bits per heavy atom. The molecular formula is C10H7NO5. The molecule has 0 heterocycles. The molecule has 0 radical (unpaired) electrons. The van der Waals surface area contributed by atoms with Crippen molar-refractivity contribution < 1.29 is 19.6 Å². The molecule has 0 spiro atoms. The third-order valence-corrected chi connectivity index (χ3v) is 1.85. The van der Waals surface area contributed by atoms with Crippen molar-refractivity contribution in [1.82, 2.24) is 0 Å². The van der Waals surface area contributed by atoms with Gasteiger partial charge in [-0.05, 0) is 0 Å². The van der Waals surface area contributed by atoms with E-state index >= 15 is 0 Å². The zero-order valence-electron chi connectivity index (χ0n) is 8.04. The van der Waals surface area contributed by atoms with Crippen molar-refractivity contribution in [3.8, 4) is 0 Å². The summed E-state index contributed by atoms with van der Waals surface area (Å²) in [6.45, 7) is 3.09. The van der Waals surface area contributed by atoms with Gasteiger partial charge in [-0.1, -0.05) is 18.7 Å². The number of nitrogens with zero attached hydrogens (tertiary/aromatic N) is 1. The molecule has 6 nitrogen and oxygen atoms in total. The van der Waals surface area contributed by atoms with Crippen LogP contribution >= 0.6 is 0 Å². The molecule has 0 aliphatic heterocycles. The fourth-order valence-electron chi connectivity index (χ4n) is 1.03. The predicted molar refractivity (Wildman–Crippen MR) is 54.2 cm³/mol. The molecule has 6 heteroatoms. The summed E-state index contributed by atoms with van der Waals surface area (Å²) in [4.78, 5) is 31.7. The summed E-state index contributed by atoms with van der Waals surface area (Å²) in [5.74, 6) is -2.28. The van der Waals surface area contributed by atoms with Crippen LogP contribution < -0.4 is 0 Å². The number of Topliss-reactive ketones (excluding diaryl/α,β-unsaturated/α-hetero) is 1. The first-order valence-electron chi connectivity index (χ1n) is 4.15. The largest absolute Gasteiger partial charge is 0.478 e. The van der Waals surface area contributed by atoms with E-state index in [0.717, 1.165) is 6.07 Å². The molecule has 0 saturated carbocycles. The summed E-state index contributed by atoms with van der Waals surface area (Å²) in [5.41, 5.74) is -0.967. The highest BCUT2D eigenvalue weighted by Gasteiger charge is 2.18. The average Bonchev–Trinajstić information content (AvgIpc) is 2.27. The topological polar surface area (TPSA) is 97.5 Å². The fraction of sp³-hybridized carbons (Fsp3) is 0. The zero-order chi connectivity index (χ0) is 12.3. The summed E-state index contributed by atoms with van der Waals surface area (Å²) < 4.78 is 0. The van der Waals surface area contributed by atoms with Gasteiger partial charge in [0, 0.05) is 17.7 Å². The molecule has 1 N–H and O–H groups in total. The van der Waals surface area contributed by atoms with Crippen LogP contribution in [0.1, 0.15) is 10.4 Å². The molecule has 0 saturated heterocycles. The van der Waals surface area contributed by atoms with Crippen LogP contribution in [0.5, 0.6) is 0 Å². The van der Waals surface area contributed by atoms with Gasteiger partial charge < -0.3 is 5.11 Å². The van der Waals surface area contributed by atoms with Gasteiger partial charge in [0.25, 0.3) is 5.69 Å². The van der Waals surface area contributed by atoms with Crippen LogP contribution in [-0.4, -0.2) is 21.8 Å². The van der Waals surface area contributed by atoms with Gasteiger partial charge in [-0.2, -0.15) is 0 Å².